The minimum atomic E-state index is -0.529. The summed E-state index contributed by atoms with van der Waals surface area (Å²) in [6.07, 6.45) is 1.48. The second kappa shape index (κ2) is 11.5. The van der Waals surface area contributed by atoms with Crippen LogP contribution in [-0.4, -0.2) is 38.9 Å². The Labute approximate surface area is 198 Å². The van der Waals surface area contributed by atoms with Gasteiger partial charge in [-0.1, -0.05) is 6.07 Å². The van der Waals surface area contributed by atoms with Gasteiger partial charge in [0.05, 0.1) is 26.0 Å². The van der Waals surface area contributed by atoms with Gasteiger partial charge in [0.1, 0.15) is 11.5 Å². The Hall–Kier alpha value is -4.33. The van der Waals surface area contributed by atoms with Crippen LogP contribution >= 0.6 is 0 Å². The molecule has 0 radical (unpaired) electrons. The fraction of sp³-hybridized carbons (Fsp3) is 0.192. The maximum atomic E-state index is 12.4. The highest BCUT2D eigenvalue weighted by Crippen LogP contribution is 2.28. The van der Waals surface area contributed by atoms with Crippen molar-refractivity contribution < 1.29 is 28.5 Å². The number of hydrogen-bond donors (Lipinski definition) is 1. The summed E-state index contributed by atoms with van der Waals surface area (Å²) in [4.78, 5) is 24.3. The lowest BCUT2D eigenvalue weighted by molar-refractivity contribution is -0.123. The number of methoxy groups -OCH3 is 2. The first-order valence-electron chi connectivity index (χ1n) is 10.5. The van der Waals surface area contributed by atoms with Gasteiger partial charge in [-0.15, -0.1) is 0 Å². The zero-order valence-electron chi connectivity index (χ0n) is 19.5. The van der Waals surface area contributed by atoms with Crippen LogP contribution in [0.15, 0.2) is 65.8 Å². The van der Waals surface area contributed by atoms with E-state index in [1.165, 1.54) is 20.4 Å². The third-order valence-corrected chi connectivity index (χ3v) is 4.96. The van der Waals surface area contributed by atoms with Gasteiger partial charge in [-0.3, -0.25) is 4.79 Å². The number of hydrogen-bond acceptors (Lipinski definition) is 7. The number of carbonyl (C=O) groups excluding carboxylic acids is 2. The van der Waals surface area contributed by atoms with Crippen molar-refractivity contribution in [3.8, 4) is 23.0 Å². The Morgan fingerprint density at radius 3 is 2.24 bits per heavy atom. The van der Waals surface area contributed by atoms with Crippen molar-refractivity contribution in [2.75, 3.05) is 20.8 Å². The van der Waals surface area contributed by atoms with Crippen molar-refractivity contribution in [3.05, 3.63) is 82.9 Å². The number of amides is 1. The highest BCUT2D eigenvalue weighted by molar-refractivity contribution is 5.92. The molecule has 0 bridgehead atoms. The standard InChI is InChI=1S/C26H26N2O6/c1-17-5-9-22(13-18(17)2)33-16-25(29)28-27-15-19-6-10-21(11-7-19)34-26(30)20-8-12-23(31-3)24(14-20)32-4/h5-15H,16H2,1-4H3,(H,28,29). The molecule has 1 amide bonds. The zero-order valence-corrected chi connectivity index (χ0v) is 19.5. The summed E-state index contributed by atoms with van der Waals surface area (Å²) in [6, 6.07) is 17.1. The molecular weight excluding hydrogens is 436 g/mol. The molecule has 0 saturated carbocycles. The monoisotopic (exact) mass is 462 g/mol. The molecule has 1 N–H and O–H groups in total. The molecule has 3 aromatic rings. The summed E-state index contributed by atoms with van der Waals surface area (Å²) in [5.74, 6) is 1.04. The van der Waals surface area contributed by atoms with Gasteiger partial charge in [-0.25, -0.2) is 10.2 Å². The fourth-order valence-corrected chi connectivity index (χ4v) is 2.91. The molecule has 3 rings (SSSR count). The number of rotatable bonds is 9. The first-order chi connectivity index (χ1) is 16.4. The first kappa shape index (κ1) is 24.3. The van der Waals surface area contributed by atoms with Gasteiger partial charge >= 0.3 is 5.97 Å². The van der Waals surface area contributed by atoms with E-state index in [2.05, 4.69) is 10.5 Å². The summed E-state index contributed by atoms with van der Waals surface area (Å²) in [7, 11) is 3.01. The second-order valence-corrected chi connectivity index (χ2v) is 7.36. The Kier molecular flexibility index (Phi) is 8.23. The van der Waals surface area contributed by atoms with E-state index in [9.17, 15) is 9.59 Å². The van der Waals surface area contributed by atoms with Gasteiger partial charge < -0.3 is 18.9 Å². The largest absolute Gasteiger partial charge is 0.493 e. The molecule has 0 saturated heterocycles. The predicted molar refractivity (Wildman–Crippen MR) is 128 cm³/mol. The molecule has 0 atom stereocenters. The van der Waals surface area contributed by atoms with E-state index in [0.717, 1.165) is 11.1 Å². The number of benzene rings is 3. The molecule has 176 valence electrons. The lowest BCUT2D eigenvalue weighted by Crippen LogP contribution is -2.24. The number of hydrazone groups is 1. The number of nitrogens with zero attached hydrogens (tertiary/aromatic N) is 1. The molecule has 34 heavy (non-hydrogen) atoms. The fourth-order valence-electron chi connectivity index (χ4n) is 2.91. The normalized spacial score (nSPS) is 10.6. The van der Waals surface area contributed by atoms with E-state index in [4.69, 9.17) is 18.9 Å². The quantitative estimate of drug-likeness (QED) is 0.223. The minimum Gasteiger partial charge on any atom is -0.493 e. The summed E-state index contributed by atoms with van der Waals surface area (Å²) in [5.41, 5.74) is 5.70. The highest BCUT2D eigenvalue weighted by Gasteiger charge is 2.13. The van der Waals surface area contributed by atoms with Crippen molar-refractivity contribution in [2.45, 2.75) is 13.8 Å². The third-order valence-electron chi connectivity index (χ3n) is 4.96. The average Bonchev–Trinajstić information content (AvgIpc) is 2.85. The van der Waals surface area contributed by atoms with Crippen molar-refractivity contribution in [1.29, 1.82) is 0 Å². The number of nitrogens with one attached hydrogen (secondary N) is 1. The number of aryl methyl sites for hydroxylation is 2. The summed E-state index contributed by atoms with van der Waals surface area (Å²) < 4.78 is 21.2. The van der Waals surface area contributed by atoms with Crippen LogP contribution in [0.4, 0.5) is 0 Å². The molecule has 0 spiro atoms. The van der Waals surface area contributed by atoms with Gasteiger partial charge in [0.2, 0.25) is 0 Å². The molecule has 8 heteroatoms. The summed E-state index contributed by atoms with van der Waals surface area (Å²) >= 11 is 0. The van der Waals surface area contributed by atoms with Crippen molar-refractivity contribution in [3.63, 3.8) is 0 Å². The number of ether oxygens (including phenoxy) is 4. The lowest BCUT2D eigenvalue weighted by atomic mass is 10.1. The molecule has 0 aliphatic rings. The molecule has 0 heterocycles. The van der Waals surface area contributed by atoms with Crippen LogP contribution in [0.3, 0.4) is 0 Å². The molecular formula is C26H26N2O6. The predicted octanol–water partition coefficient (Wildman–Crippen LogP) is 4.07. The van der Waals surface area contributed by atoms with Crippen molar-refractivity contribution in [1.82, 2.24) is 5.43 Å². The average molecular weight is 463 g/mol. The SMILES string of the molecule is COc1ccc(C(=O)Oc2ccc(C=NNC(=O)COc3ccc(C)c(C)c3)cc2)cc1OC. The highest BCUT2D eigenvalue weighted by atomic mass is 16.5. The van der Waals surface area contributed by atoms with Gasteiger partial charge in [0, 0.05) is 0 Å². The Morgan fingerprint density at radius 2 is 1.56 bits per heavy atom. The molecule has 0 aliphatic heterocycles. The van der Waals surface area contributed by atoms with E-state index in [0.29, 0.717) is 34.1 Å². The van der Waals surface area contributed by atoms with Crippen LogP contribution in [0.5, 0.6) is 23.0 Å². The van der Waals surface area contributed by atoms with Crippen LogP contribution in [-0.2, 0) is 4.79 Å². The van der Waals surface area contributed by atoms with Gasteiger partial charge in [-0.05, 0) is 85.1 Å². The third kappa shape index (κ3) is 6.59. The maximum Gasteiger partial charge on any atom is 0.343 e. The number of esters is 1. The smallest absolute Gasteiger partial charge is 0.343 e. The zero-order chi connectivity index (χ0) is 24.5. The molecule has 8 nitrogen and oxygen atoms in total. The Morgan fingerprint density at radius 1 is 0.853 bits per heavy atom. The van der Waals surface area contributed by atoms with Gasteiger partial charge in [0.15, 0.2) is 18.1 Å². The molecule has 0 unspecified atom stereocenters. The van der Waals surface area contributed by atoms with Crippen molar-refractivity contribution >= 4 is 18.1 Å². The van der Waals surface area contributed by atoms with E-state index in [1.54, 1.807) is 42.5 Å². The summed E-state index contributed by atoms with van der Waals surface area (Å²) in [6.45, 7) is 3.84. The molecule has 0 aliphatic carbocycles. The van der Waals surface area contributed by atoms with E-state index in [1.807, 2.05) is 32.0 Å². The van der Waals surface area contributed by atoms with Crippen LogP contribution < -0.4 is 24.4 Å². The lowest BCUT2D eigenvalue weighted by Gasteiger charge is -2.09. The van der Waals surface area contributed by atoms with E-state index in [-0.39, 0.29) is 12.5 Å². The first-order valence-corrected chi connectivity index (χ1v) is 10.5. The Bertz CT molecular complexity index is 1190. The number of carbonyl (C=O) groups is 2. The second-order valence-electron chi connectivity index (χ2n) is 7.36. The van der Waals surface area contributed by atoms with Gasteiger partial charge in [0.25, 0.3) is 5.91 Å². The minimum absolute atomic E-state index is 0.148. The van der Waals surface area contributed by atoms with Crippen LogP contribution in [0.2, 0.25) is 0 Å². The van der Waals surface area contributed by atoms with Crippen molar-refractivity contribution in [2.24, 2.45) is 5.10 Å². The maximum absolute atomic E-state index is 12.4. The molecule has 0 fully saturated rings. The topological polar surface area (TPSA) is 95.5 Å². The molecule has 3 aromatic carbocycles. The van der Waals surface area contributed by atoms with Crippen LogP contribution in [0, 0.1) is 13.8 Å². The Balaban J connectivity index is 1.49. The van der Waals surface area contributed by atoms with Crippen LogP contribution in [0.1, 0.15) is 27.0 Å². The van der Waals surface area contributed by atoms with Gasteiger partial charge in [-0.2, -0.15) is 5.10 Å². The van der Waals surface area contributed by atoms with Crippen LogP contribution in [0.25, 0.3) is 0 Å². The van der Waals surface area contributed by atoms with E-state index >= 15 is 0 Å². The van der Waals surface area contributed by atoms with E-state index < -0.39 is 5.97 Å². The molecule has 0 aromatic heterocycles. The summed E-state index contributed by atoms with van der Waals surface area (Å²) in [5, 5.41) is 3.92.